The summed E-state index contributed by atoms with van der Waals surface area (Å²) in [6.45, 7) is 8.06. The van der Waals surface area contributed by atoms with Gasteiger partial charge in [0.1, 0.15) is 12.6 Å². The van der Waals surface area contributed by atoms with Crippen molar-refractivity contribution in [3.05, 3.63) is 24.3 Å². The van der Waals surface area contributed by atoms with Crippen molar-refractivity contribution in [2.24, 2.45) is 0 Å². The van der Waals surface area contributed by atoms with E-state index in [9.17, 15) is 0 Å². The topological polar surface area (TPSA) is 18.5 Å². The van der Waals surface area contributed by atoms with Crippen LogP contribution in [0.15, 0.2) is 24.3 Å². The van der Waals surface area contributed by atoms with Gasteiger partial charge in [0, 0.05) is 13.2 Å². The minimum absolute atomic E-state index is 0.215. The summed E-state index contributed by atoms with van der Waals surface area (Å²) in [6, 6.07) is 0. The lowest BCUT2D eigenvalue weighted by molar-refractivity contribution is -0.873. The average Bonchev–Trinajstić information content (AvgIpc) is 2.94. The highest BCUT2D eigenvalue weighted by Gasteiger charge is 2.19. The van der Waals surface area contributed by atoms with Gasteiger partial charge in [-0.1, -0.05) is 141 Å². The fraction of sp³-hybridized carbons (Fsp3) is 0.895. The largest absolute Gasteiger partial charge is 0.379 e. The van der Waals surface area contributed by atoms with E-state index in [0.717, 1.165) is 30.8 Å². The molecule has 0 saturated heterocycles. The first-order valence-electron chi connectivity index (χ1n) is 18.3. The highest BCUT2D eigenvalue weighted by Crippen LogP contribution is 2.13. The Balaban J connectivity index is 3.63. The van der Waals surface area contributed by atoms with Crippen molar-refractivity contribution in [1.29, 1.82) is 0 Å². The lowest BCUT2D eigenvalue weighted by Crippen LogP contribution is -2.44. The number of allylic oxidation sites excluding steroid dienone is 4. The maximum atomic E-state index is 6.30. The SMILES string of the molecule is CCCC/C=C\CCCCCCCCCCOC[C@H](C[N+](C)(C)C)OCCCCCCCCCC/C=C\CCCC. The maximum Gasteiger partial charge on any atom is 0.130 e. The zero-order valence-electron chi connectivity index (χ0n) is 28.9. The quantitative estimate of drug-likeness (QED) is 0.0438. The van der Waals surface area contributed by atoms with Crippen molar-refractivity contribution in [2.75, 3.05) is 47.5 Å². The summed E-state index contributed by atoms with van der Waals surface area (Å²) in [5, 5.41) is 0. The lowest BCUT2D eigenvalue weighted by Gasteiger charge is -2.29. The molecule has 0 amide bonds. The Hall–Kier alpha value is -0.640. The number of ether oxygens (including phenoxy) is 2. The Morgan fingerprint density at radius 2 is 0.829 bits per heavy atom. The average molecular weight is 579 g/mol. The summed E-state index contributed by atoms with van der Waals surface area (Å²) < 4.78 is 13.3. The van der Waals surface area contributed by atoms with E-state index < -0.39 is 0 Å². The van der Waals surface area contributed by atoms with Gasteiger partial charge < -0.3 is 14.0 Å². The van der Waals surface area contributed by atoms with Gasteiger partial charge in [-0.2, -0.15) is 0 Å². The van der Waals surface area contributed by atoms with Crippen molar-refractivity contribution in [2.45, 2.75) is 174 Å². The number of likely N-dealkylation sites (N-methyl/N-ethyl adjacent to an activating group) is 1. The molecule has 0 fully saturated rings. The van der Waals surface area contributed by atoms with Crippen LogP contribution < -0.4 is 0 Å². The molecule has 3 nitrogen and oxygen atoms in total. The smallest absolute Gasteiger partial charge is 0.130 e. The van der Waals surface area contributed by atoms with Gasteiger partial charge in [-0.15, -0.1) is 0 Å². The van der Waals surface area contributed by atoms with Gasteiger partial charge in [0.2, 0.25) is 0 Å². The summed E-state index contributed by atoms with van der Waals surface area (Å²) in [4.78, 5) is 0. The van der Waals surface area contributed by atoms with E-state index in [1.807, 2.05) is 0 Å². The van der Waals surface area contributed by atoms with Crippen LogP contribution in [0.25, 0.3) is 0 Å². The van der Waals surface area contributed by atoms with E-state index >= 15 is 0 Å². The van der Waals surface area contributed by atoms with Crippen LogP contribution in [0.2, 0.25) is 0 Å². The van der Waals surface area contributed by atoms with Crippen LogP contribution in [0.5, 0.6) is 0 Å². The molecule has 0 aliphatic rings. The minimum Gasteiger partial charge on any atom is -0.379 e. The molecule has 3 heteroatoms. The van der Waals surface area contributed by atoms with Crippen LogP contribution >= 0.6 is 0 Å². The summed E-state index contributed by atoms with van der Waals surface area (Å²) in [5.74, 6) is 0. The van der Waals surface area contributed by atoms with Crippen molar-refractivity contribution >= 4 is 0 Å². The Labute approximate surface area is 259 Å². The number of quaternary nitrogens is 1. The summed E-state index contributed by atoms with van der Waals surface area (Å²) in [6.07, 6.45) is 41.7. The summed E-state index contributed by atoms with van der Waals surface area (Å²) in [5.41, 5.74) is 0. The van der Waals surface area contributed by atoms with Crippen LogP contribution in [-0.4, -0.2) is 58.1 Å². The van der Waals surface area contributed by atoms with Gasteiger partial charge in [-0.25, -0.2) is 0 Å². The molecule has 0 radical (unpaired) electrons. The van der Waals surface area contributed by atoms with Crippen LogP contribution in [0.4, 0.5) is 0 Å². The molecule has 0 aromatic carbocycles. The monoisotopic (exact) mass is 579 g/mol. The number of nitrogens with zero attached hydrogens (tertiary/aromatic N) is 1. The van der Waals surface area contributed by atoms with E-state index in [0.29, 0.717) is 0 Å². The second kappa shape index (κ2) is 32.3. The summed E-state index contributed by atoms with van der Waals surface area (Å²) >= 11 is 0. The first kappa shape index (κ1) is 40.4. The standard InChI is InChI=1S/C38H76NO2/c1-6-8-10-12-14-16-18-20-22-24-26-28-30-32-34-40-37-38(36-39(3,4)5)41-35-33-31-29-27-25-23-21-19-17-15-13-11-9-7-2/h12-15,38H,6-11,16-37H2,1-5H3/q+1/b14-12-,15-13-/t38-/m0/s1. The molecule has 41 heavy (non-hydrogen) atoms. The van der Waals surface area contributed by atoms with Gasteiger partial charge in [0.05, 0.1) is 27.7 Å². The fourth-order valence-corrected chi connectivity index (χ4v) is 5.30. The molecule has 0 N–H and O–H groups in total. The van der Waals surface area contributed by atoms with E-state index in [1.165, 1.54) is 154 Å². The summed E-state index contributed by atoms with van der Waals surface area (Å²) in [7, 11) is 6.76. The molecule has 0 aromatic heterocycles. The van der Waals surface area contributed by atoms with Gasteiger partial charge in [0.15, 0.2) is 0 Å². The molecule has 0 aliphatic heterocycles. The molecule has 0 rings (SSSR count). The van der Waals surface area contributed by atoms with Gasteiger partial charge in [0.25, 0.3) is 0 Å². The maximum absolute atomic E-state index is 6.30. The third-order valence-corrected chi connectivity index (χ3v) is 7.87. The molecular weight excluding hydrogens is 502 g/mol. The van der Waals surface area contributed by atoms with Gasteiger partial charge in [-0.3, -0.25) is 0 Å². The Morgan fingerprint density at radius 1 is 0.463 bits per heavy atom. The Morgan fingerprint density at radius 3 is 1.24 bits per heavy atom. The first-order valence-corrected chi connectivity index (χ1v) is 18.3. The fourth-order valence-electron chi connectivity index (χ4n) is 5.30. The molecule has 0 aromatic rings. The molecular formula is C38H76NO2+. The van der Waals surface area contributed by atoms with Crippen molar-refractivity contribution in [1.82, 2.24) is 0 Å². The van der Waals surface area contributed by atoms with Crippen LogP contribution in [0.1, 0.15) is 168 Å². The van der Waals surface area contributed by atoms with E-state index in [4.69, 9.17) is 9.47 Å². The van der Waals surface area contributed by atoms with Gasteiger partial charge >= 0.3 is 0 Å². The number of hydrogen-bond acceptors (Lipinski definition) is 2. The number of rotatable bonds is 33. The zero-order chi connectivity index (χ0) is 30.1. The molecule has 0 unspecified atom stereocenters. The van der Waals surface area contributed by atoms with E-state index in [-0.39, 0.29) is 6.10 Å². The second-order valence-electron chi connectivity index (χ2n) is 13.5. The normalized spacial score (nSPS) is 13.2. The van der Waals surface area contributed by atoms with Crippen LogP contribution in [-0.2, 0) is 9.47 Å². The predicted molar refractivity (Wildman–Crippen MR) is 184 cm³/mol. The lowest BCUT2D eigenvalue weighted by atomic mass is 10.1. The molecule has 0 heterocycles. The Bertz CT molecular complexity index is 551. The molecule has 1 atom stereocenters. The zero-order valence-corrected chi connectivity index (χ0v) is 28.9. The molecule has 0 saturated carbocycles. The Kier molecular flexibility index (Phi) is 31.8. The molecule has 244 valence electrons. The van der Waals surface area contributed by atoms with E-state index in [2.05, 4.69) is 59.3 Å². The van der Waals surface area contributed by atoms with Crippen LogP contribution in [0, 0.1) is 0 Å². The van der Waals surface area contributed by atoms with E-state index in [1.54, 1.807) is 0 Å². The predicted octanol–water partition coefficient (Wildman–Crippen LogP) is 11.6. The third-order valence-electron chi connectivity index (χ3n) is 7.87. The molecule has 0 bridgehead atoms. The molecule has 0 spiro atoms. The second-order valence-corrected chi connectivity index (χ2v) is 13.5. The number of unbranched alkanes of at least 4 members (excludes halogenated alkanes) is 20. The highest BCUT2D eigenvalue weighted by atomic mass is 16.5. The number of hydrogen-bond donors (Lipinski definition) is 0. The highest BCUT2D eigenvalue weighted by molar-refractivity contribution is 4.81. The molecule has 0 aliphatic carbocycles. The third kappa shape index (κ3) is 35.5. The van der Waals surface area contributed by atoms with Gasteiger partial charge in [-0.05, 0) is 51.4 Å². The van der Waals surface area contributed by atoms with Crippen molar-refractivity contribution in [3.63, 3.8) is 0 Å². The minimum atomic E-state index is 0.215. The first-order chi connectivity index (χ1) is 20.0. The van der Waals surface area contributed by atoms with Crippen molar-refractivity contribution in [3.8, 4) is 0 Å². The van der Waals surface area contributed by atoms with Crippen molar-refractivity contribution < 1.29 is 14.0 Å². The van der Waals surface area contributed by atoms with Crippen LogP contribution in [0.3, 0.4) is 0 Å².